The summed E-state index contributed by atoms with van der Waals surface area (Å²) >= 11 is 0. The van der Waals surface area contributed by atoms with Crippen LogP contribution >= 0.6 is 0 Å². The van der Waals surface area contributed by atoms with Crippen LogP contribution in [0.1, 0.15) is 20.8 Å². The van der Waals surface area contributed by atoms with Gasteiger partial charge in [0.1, 0.15) is 11.6 Å². The molecule has 0 saturated heterocycles. The van der Waals surface area contributed by atoms with Crippen LogP contribution in [-0.2, 0) is 10.0 Å². The summed E-state index contributed by atoms with van der Waals surface area (Å²) in [5.41, 5.74) is 0.837. The lowest BCUT2D eigenvalue weighted by atomic mass is 10.3. The number of nitrogens with zero attached hydrogens (tertiary/aromatic N) is 1. The molecule has 1 heterocycles. The van der Waals surface area contributed by atoms with Crippen molar-refractivity contribution in [2.75, 3.05) is 16.6 Å². The smallest absolute Gasteiger partial charge is 0.263 e. The van der Waals surface area contributed by atoms with E-state index in [1.54, 1.807) is 30.5 Å². The van der Waals surface area contributed by atoms with Crippen LogP contribution in [0.3, 0.4) is 0 Å². The molecule has 6 nitrogen and oxygen atoms in total. The fraction of sp³-hybridized carbons (Fsp3) is 0.312. The molecule has 7 heteroatoms. The molecule has 0 radical (unpaired) electrons. The van der Waals surface area contributed by atoms with Gasteiger partial charge in [0.2, 0.25) is 0 Å². The fourth-order valence-electron chi connectivity index (χ4n) is 1.95. The van der Waals surface area contributed by atoms with Gasteiger partial charge in [-0.15, -0.1) is 0 Å². The first-order valence-corrected chi connectivity index (χ1v) is 8.87. The van der Waals surface area contributed by atoms with E-state index in [9.17, 15) is 8.42 Å². The van der Waals surface area contributed by atoms with Gasteiger partial charge in [0.25, 0.3) is 10.0 Å². The average molecular weight is 335 g/mol. The third-order valence-electron chi connectivity index (χ3n) is 2.90. The highest BCUT2D eigenvalue weighted by atomic mass is 32.2. The molecule has 0 aliphatic rings. The summed E-state index contributed by atoms with van der Waals surface area (Å²) in [5, 5.41) is 3.19. The van der Waals surface area contributed by atoms with Gasteiger partial charge in [0.15, 0.2) is 0 Å². The Bertz CT molecular complexity index is 726. The molecule has 0 aliphatic heterocycles. The molecule has 2 N–H and O–H groups in total. The Morgan fingerprint density at radius 3 is 2.35 bits per heavy atom. The highest BCUT2D eigenvalue weighted by molar-refractivity contribution is 7.92. The molecule has 0 unspecified atom stereocenters. The van der Waals surface area contributed by atoms with Gasteiger partial charge in [0.05, 0.1) is 23.4 Å². The standard InChI is InChI=1S/C16H21N3O3S/c1-4-22-14-6-8-15(9-7-14)23(20,21)19-16-10-5-13(11-17-16)18-12(2)3/h5-12,18H,4H2,1-3H3,(H,17,19). The lowest BCUT2D eigenvalue weighted by molar-refractivity contribution is 0.340. The predicted molar refractivity (Wildman–Crippen MR) is 91.4 cm³/mol. The summed E-state index contributed by atoms with van der Waals surface area (Å²) in [4.78, 5) is 4.27. The summed E-state index contributed by atoms with van der Waals surface area (Å²) in [6, 6.07) is 9.94. The number of hydrogen-bond donors (Lipinski definition) is 2. The molecule has 0 saturated carbocycles. The molecular weight excluding hydrogens is 314 g/mol. The van der Waals surface area contributed by atoms with Crippen LogP contribution in [-0.4, -0.2) is 26.1 Å². The maximum atomic E-state index is 12.3. The summed E-state index contributed by atoms with van der Waals surface area (Å²) in [6.45, 7) is 6.44. The van der Waals surface area contributed by atoms with Gasteiger partial charge in [-0.1, -0.05) is 0 Å². The minimum Gasteiger partial charge on any atom is -0.494 e. The number of rotatable bonds is 7. The Morgan fingerprint density at radius 2 is 1.83 bits per heavy atom. The zero-order chi connectivity index (χ0) is 16.9. The normalized spacial score (nSPS) is 11.3. The summed E-state index contributed by atoms with van der Waals surface area (Å²) < 4.78 is 32.4. The quantitative estimate of drug-likeness (QED) is 0.813. The third-order valence-corrected chi connectivity index (χ3v) is 4.27. The molecule has 23 heavy (non-hydrogen) atoms. The van der Waals surface area contributed by atoms with E-state index < -0.39 is 10.0 Å². The first-order chi connectivity index (χ1) is 10.9. The molecule has 0 fully saturated rings. The summed E-state index contributed by atoms with van der Waals surface area (Å²) in [7, 11) is -3.67. The second-order valence-corrected chi connectivity index (χ2v) is 6.92. The van der Waals surface area contributed by atoms with E-state index in [4.69, 9.17) is 4.74 Å². The number of sulfonamides is 1. The van der Waals surface area contributed by atoms with Crippen LogP contribution in [0.4, 0.5) is 11.5 Å². The second kappa shape index (κ2) is 7.32. The monoisotopic (exact) mass is 335 g/mol. The van der Waals surface area contributed by atoms with E-state index >= 15 is 0 Å². The van der Waals surface area contributed by atoms with E-state index in [2.05, 4.69) is 15.0 Å². The largest absolute Gasteiger partial charge is 0.494 e. The Morgan fingerprint density at radius 1 is 1.13 bits per heavy atom. The average Bonchev–Trinajstić information content (AvgIpc) is 2.49. The molecule has 0 spiro atoms. The number of anilines is 2. The van der Waals surface area contributed by atoms with Crippen molar-refractivity contribution < 1.29 is 13.2 Å². The van der Waals surface area contributed by atoms with Crippen molar-refractivity contribution in [2.24, 2.45) is 0 Å². The van der Waals surface area contributed by atoms with E-state index in [1.807, 2.05) is 20.8 Å². The van der Waals surface area contributed by atoms with Crippen LogP contribution in [0.15, 0.2) is 47.5 Å². The number of aromatic nitrogens is 1. The summed E-state index contributed by atoms with van der Waals surface area (Å²) in [6.07, 6.45) is 1.59. The van der Waals surface area contributed by atoms with Crippen molar-refractivity contribution in [3.05, 3.63) is 42.6 Å². The zero-order valence-electron chi connectivity index (χ0n) is 13.4. The lowest BCUT2D eigenvalue weighted by Crippen LogP contribution is -2.14. The minimum atomic E-state index is -3.67. The topological polar surface area (TPSA) is 80.3 Å². The predicted octanol–water partition coefficient (Wildman–Crippen LogP) is 3.10. The fourth-order valence-corrected chi connectivity index (χ4v) is 2.96. The van der Waals surface area contributed by atoms with Crippen molar-refractivity contribution in [3.8, 4) is 5.75 Å². The molecule has 0 amide bonds. The van der Waals surface area contributed by atoms with E-state index in [0.717, 1.165) is 5.69 Å². The first-order valence-electron chi connectivity index (χ1n) is 7.39. The molecular formula is C16H21N3O3S. The lowest BCUT2D eigenvalue weighted by Gasteiger charge is -2.11. The molecule has 124 valence electrons. The van der Waals surface area contributed by atoms with Gasteiger partial charge >= 0.3 is 0 Å². The van der Waals surface area contributed by atoms with Crippen LogP contribution in [0.5, 0.6) is 5.75 Å². The number of nitrogens with one attached hydrogen (secondary N) is 2. The highest BCUT2D eigenvalue weighted by Crippen LogP contribution is 2.19. The van der Waals surface area contributed by atoms with Crippen LogP contribution in [0.25, 0.3) is 0 Å². The molecule has 0 atom stereocenters. The Balaban J connectivity index is 2.11. The van der Waals surface area contributed by atoms with Gasteiger partial charge < -0.3 is 10.1 Å². The van der Waals surface area contributed by atoms with E-state index in [1.165, 1.54) is 12.1 Å². The Labute approximate surface area is 137 Å². The number of hydrogen-bond acceptors (Lipinski definition) is 5. The molecule has 2 rings (SSSR count). The van der Waals surface area contributed by atoms with Crippen LogP contribution in [0.2, 0.25) is 0 Å². The molecule has 2 aromatic rings. The van der Waals surface area contributed by atoms with Gasteiger partial charge in [-0.25, -0.2) is 13.4 Å². The Kier molecular flexibility index (Phi) is 5.44. The van der Waals surface area contributed by atoms with Crippen molar-refractivity contribution in [3.63, 3.8) is 0 Å². The molecule has 0 bridgehead atoms. The first kappa shape index (κ1) is 17.1. The Hall–Kier alpha value is -2.28. The van der Waals surface area contributed by atoms with Gasteiger partial charge in [0, 0.05) is 6.04 Å². The molecule has 1 aromatic heterocycles. The maximum Gasteiger partial charge on any atom is 0.263 e. The number of ether oxygens (including phenoxy) is 1. The van der Waals surface area contributed by atoms with Gasteiger partial charge in [-0.2, -0.15) is 0 Å². The second-order valence-electron chi connectivity index (χ2n) is 5.24. The number of benzene rings is 1. The van der Waals surface area contributed by atoms with Gasteiger partial charge in [-0.05, 0) is 57.2 Å². The minimum absolute atomic E-state index is 0.159. The third kappa shape index (κ3) is 4.85. The van der Waals surface area contributed by atoms with E-state index in [-0.39, 0.29) is 16.8 Å². The van der Waals surface area contributed by atoms with E-state index in [0.29, 0.717) is 12.4 Å². The van der Waals surface area contributed by atoms with Crippen molar-refractivity contribution in [1.82, 2.24) is 4.98 Å². The molecule has 0 aliphatic carbocycles. The van der Waals surface area contributed by atoms with Crippen molar-refractivity contribution in [2.45, 2.75) is 31.7 Å². The highest BCUT2D eigenvalue weighted by Gasteiger charge is 2.14. The number of pyridine rings is 1. The maximum absolute atomic E-state index is 12.3. The summed E-state index contributed by atoms with van der Waals surface area (Å²) in [5.74, 6) is 0.905. The van der Waals surface area contributed by atoms with Gasteiger partial charge in [-0.3, -0.25) is 4.72 Å². The zero-order valence-corrected chi connectivity index (χ0v) is 14.2. The van der Waals surface area contributed by atoms with Crippen LogP contribution < -0.4 is 14.8 Å². The molecule has 1 aromatic carbocycles. The van der Waals surface area contributed by atoms with Crippen LogP contribution in [0, 0.1) is 0 Å². The SMILES string of the molecule is CCOc1ccc(S(=O)(=O)Nc2ccc(NC(C)C)cn2)cc1. The van der Waals surface area contributed by atoms with Crippen molar-refractivity contribution >= 4 is 21.5 Å². The van der Waals surface area contributed by atoms with Crippen molar-refractivity contribution in [1.29, 1.82) is 0 Å².